The van der Waals surface area contributed by atoms with Crippen molar-refractivity contribution in [2.75, 3.05) is 19.3 Å². The van der Waals surface area contributed by atoms with Crippen LogP contribution in [0.2, 0.25) is 0 Å². The zero-order valence-corrected chi connectivity index (χ0v) is 18.9. The third kappa shape index (κ3) is 6.03. The van der Waals surface area contributed by atoms with E-state index in [1.807, 2.05) is 55.6 Å². The van der Waals surface area contributed by atoms with Gasteiger partial charge in [-0.15, -0.1) is 10.2 Å². The van der Waals surface area contributed by atoms with E-state index in [1.54, 1.807) is 12.4 Å². The Morgan fingerprint density at radius 1 is 0.938 bits per heavy atom. The largest absolute Gasteiger partial charge is 0.391 e. The number of likely N-dealkylation sites (N-methyl/N-ethyl adjacent to an activating group) is 1. The van der Waals surface area contributed by atoms with E-state index in [0.29, 0.717) is 18.8 Å². The van der Waals surface area contributed by atoms with Gasteiger partial charge < -0.3 is 5.11 Å². The Kier molecular flexibility index (Phi) is 7.66. The highest BCUT2D eigenvalue weighted by Gasteiger charge is 2.17. The van der Waals surface area contributed by atoms with E-state index >= 15 is 0 Å². The first-order chi connectivity index (χ1) is 15.7. The van der Waals surface area contributed by atoms with Gasteiger partial charge in [-0.2, -0.15) is 0 Å². The highest BCUT2D eigenvalue weighted by molar-refractivity contribution is 7.99. The van der Waals surface area contributed by atoms with Gasteiger partial charge in [-0.1, -0.05) is 72.4 Å². The lowest BCUT2D eigenvalue weighted by molar-refractivity contribution is 0.142. The highest BCUT2D eigenvalue weighted by atomic mass is 32.2. The number of aliphatic hydroxyl groups is 1. The van der Waals surface area contributed by atoms with Crippen LogP contribution in [-0.4, -0.2) is 55.2 Å². The Balaban J connectivity index is 1.44. The van der Waals surface area contributed by atoms with E-state index in [2.05, 4.69) is 48.9 Å². The summed E-state index contributed by atoms with van der Waals surface area (Å²) in [6.45, 7) is 2.05. The van der Waals surface area contributed by atoms with Crippen molar-refractivity contribution in [3.63, 3.8) is 0 Å². The molecule has 2 aromatic heterocycles. The van der Waals surface area contributed by atoms with Crippen molar-refractivity contribution in [3.8, 4) is 11.4 Å². The standard InChI is InChI=1S/C25H27N5OS/c1-29(16-20-9-4-2-5-10-20)18-23(31)19-32-25-28-27-24(22-13-8-14-26-15-22)30(25)17-21-11-6-3-7-12-21/h2-15,23,31H,16-19H2,1H3. The Labute approximate surface area is 193 Å². The highest BCUT2D eigenvalue weighted by Crippen LogP contribution is 2.25. The number of benzene rings is 2. The van der Waals surface area contributed by atoms with Crippen LogP contribution in [0.3, 0.4) is 0 Å². The summed E-state index contributed by atoms with van der Waals surface area (Å²) in [5.41, 5.74) is 3.33. The monoisotopic (exact) mass is 445 g/mol. The molecular formula is C25H27N5OS. The molecule has 0 saturated carbocycles. The minimum atomic E-state index is -0.475. The van der Waals surface area contributed by atoms with Gasteiger partial charge in [0.25, 0.3) is 0 Å². The predicted octanol–water partition coefficient (Wildman–Crippen LogP) is 3.97. The van der Waals surface area contributed by atoms with Crippen LogP contribution in [0.25, 0.3) is 11.4 Å². The van der Waals surface area contributed by atoms with E-state index in [4.69, 9.17) is 0 Å². The van der Waals surface area contributed by atoms with Crippen LogP contribution in [0.5, 0.6) is 0 Å². The molecule has 1 unspecified atom stereocenters. The van der Waals surface area contributed by atoms with Gasteiger partial charge in [0.2, 0.25) is 0 Å². The minimum absolute atomic E-state index is 0.475. The zero-order valence-electron chi connectivity index (χ0n) is 18.1. The molecule has 2 heterocycles. The first-order valence-electron chi connectivity index (χ1n) is 10.6. The Morgan fingerprint density at radius 2 is 1.66 bits per heavy atom. The van der Waals surface area contributed by atoms with Gasteiger partial charge in [-0.25, -0.2) is 0 Å². The topological polar surface area (TPSA) is 67.1 Å². The van der Waals surface area contributed by atoms with Crippen LogP contribution >= 0.6 is 11.8 Å². The summed E-state index contributed by atoms with van der Waals surface area (Å²) >= 11 is 1.53. The molecule has 0 amide bonds. The molecule has 6 nitrogen and oxygen atoms in total. The fourth-order valence-corrected chi connectivity index (χ4v) is 4.41. The van der Waals surface area contributed by atoms with Crippen LogP contribution in [0, 0.1) is 0 Å². The van der Waals surface area contributed by atoms with Crippen LogP contribution in [0.15, 0.2) is 90.3 Å². The maximum atomic E-state index is 10.6. The Hall–Kier alpha value is -3.00. The van der Waals surface area contributed by atoms with E-state index in [1.165, 1.54) is 22.9 Å². The molecule has 4 aromatic rings. The quantitative estimate of drug-likeness (QED) is 0.373. The third-order valence-corrected chi connectivity index (χ3v) is 6.15. The maximum absolute atomic E-state index is 10.6. The average molecular weight is 446 g/mol. The molecule has 1 atom stereocenters. The fraction of sp³-hybridized carbons (Fsp3) is 0.240. The van der Waals surface area contributed by atoms with E-state index in [-0.39, 0.29) is 0 Å². The van der Waals surface area contributed by atoms with Gasteiger partial charge in [-0.05, 0) is 30.3 Å². The molecule has 0 fully saturated rings. The third-order valence-electron chi connectivity index (χ3n) is 5.04. The number of hydrogen-bond acceptors (Lipinski definition) is 6. The Morgan fingerprint density at radius 3 is 2.34 bits per heavy atom. The molecule has 0 saturated heterocycles. The van der Waals surface area contributed by atoms with Crippen molar-refractivity contribution in [2.24, 2.45) is 0 Å². The first kappa shape index (κ1) is 22.2. The Bertz CT molecular complexity index is 1090. The van der Waals surface area contributed by atoms with E-state index < -0.39 is 6.10 Å². The summed E-state index contributed by atoms with van der Waals surface area (Å²) in [6.07, 6.45) is 3.07. The molecule has 0 aliphatic carbocycles. The molecule has 0 aliphatic rings. The van der Waals surface area contributed by atoms with Crippen molar-refractivity contribution in [2.45, 2.75) is 24.3 Å². The number of thioether (sulfide) groups is 1. The van der Waals surface area contributed by atoms with E-state index in [0.717, 1.165) is 23.1 Å². The molecule has 4 rings (SSSR count). The molecule has 0 aliphatic heterocycles. The van der Waals surface area contributed by atoms with Crippen LogP contribution in [0.1, 0.15) is 11.1 Å². The molecule has 2 aromatic carbocycles. The number of aliphatic hydroxyl groups excluding tert-OH is 1. The van der Waals surface area contributed by atoms with Crippen molar-refractivity contribution in [3.05, 3.63) is 96.3 Å². The first-order valence-corrected chi connectivity index (χ1v) is 11.6. The van der Waals surface area contributed by atoms with E-state index in [9.17, 15) is 5.11 Å². The molecule has 0 radical (unpaired) electrons. The number of hydrogen-bond donors (Lipinski definition) is 1. The number of rotatable bonds is 10. The second-order valence-electron chi connectivity index (χ2n) is 7.77. The molecular weight excluding hydrogens is 418 g/mol. The van der Waals surface area contributed by atoms with Gasteiger partial charge in [0, 0.05) is 36.8 Å². The summed E-state index contributed by atoms with van der Waals surface area (Å²) in [5.74, 6) is 1.32. The van der Waals surface area contributed by atoms with Gasteiger partial charge in [0.15, 0.2) is 11.0 Å². The smallest absolute Gasteiger partial charge is 0.191 e. The van der Waals surface area contributed by atoms with Crippen molar-refractivity contribution < 1.29 is 5.11 Å². The van der Waals surface area contributed by atoms with Gasteiger partial charge in [0.05, 0.1) is 12.6 Å². The molecule has 164 valence electrons. The summed E-state index contributed by atoms with van der Waals surface area (Å²) in [4.78, 5) is 6.36. The van der Waals surface area contributed by atoms with Crippen molar-refractivity contribution in [1.29, 1.82) is 0 Å². The normalized spacial score (nSPS) is 12.2. The molecule has 0 spiro atoms. The second-order valence-corrected chi connectivity index (χ2v) is 8.75. The van der Waals surface area contributed by atoms with Crippen molar-refractivity contribution in [1.82, 2.24) is 24.6 Å². The number of pyridine rings is 1. The van der Waals surface area contributed by atoms with Crippen LogP contribution < -0.4 is 0 Å². The SMILES string of the molecule is CN(Cc1ccccc1)CC(O)CSc1nnc(-c2cccnc2)n1Cc1ccccc1. The van der Waals surface area contributed by atoms with Crippen LogP contribution in [0.4, 0.5) is 0 Å². The average Bonchev–Trinajstić information content (AvgIpc) is 3.22. The maximum Gasteiger partial charge on any atom is 0.191 e. The lowest BCUT2D eigenvalue weighted by Crippen LogP contribution is -2.30. The zero-order chi connectivity index (χ0) is 22.2. The summed E-state index contributed by atoms with van der Waals surface area (Å²) in [7, 11) is 2.03. The second kappa shape index (κ2) is 11.0. The molecule has 1 N–H and O–H groups in total. The number of aromatic nitrogens is 4. The lowest BCUT2D eigenvalue weighted by atomic mass is 10.2. The predicted molar refractivity (Wildman–Crippen MR) is 128 cm³/mol. The number of nitrogens with zero attached hydrogens (tertiary/aromatic N) is 5. The van der Waals surface area contributed by atoms with Crippen LogP contribution in [-0.2, 0) is 13.1 Å². The summed E-state index contributed by atoms with van der Waals surface area (Å²) < 4.78 is 2.09. The minimum Gasteiger partial charge on any atom is -0.391 e. The summed E-state index contributed by atoms with van der Waals surface area (Å²) in [6, 6.07) is 24.4. The summed E-state index contributed by atoms with van der Waals surface area (Å²) in [5, 5.41) is 20.3. The molecule has 7 heteroatoms. The van der Waals surface area contributed by atoms with Gasteiger partial charge >= 0.3 is 0 Å². The molecule has 0 bridgehead atoms. The molecule has 32 heavy (non-hydrogen) atoms. The van der Waals surface area contributed by atoms with Crippen molar-refractivity contribution >= 4 is 11.8 Å². The lowest BCUT2D eigenvalue weighted by Gasteiger charge is -2.20. The fourth-order valence-electron chi connectivity index (χ4n) is 3.56. The van der Waals surface area contributed by atoms with Gasteiger partial charge in [0.1, 0.15) is 0 Å². The van der Waals surface area contributed by atoms with Gasteiger partial charge in [-0.3, -0.25) is 14.5 Å².